The molecule has 164 valence electrons. The standard InChI is InChI=1S/C25H19N3O3S2/c29-23(21-11-6-14-32-21)28-22(16-7-2-1-3-8-16)24(30)26-15-17-12-13-19(31-17)25-27-18-9-4-5-10-20(18)33-25/h1-14,22H,15H2,(H,26,30)(H,28,29). The average molecular weight is 474 g/mol. The molecule has 0 radical (unpaired) electrons. The SMILES string of the molecule is O=C(NC(C(=O)NCc1ccc(-c2nc3ccccc3s2)o1)c1ccccc1)c1cccs1. The first-order valence-electron chi connectivity index (χ1n) is 10.3. The summed E-state index contributed by atoms with van der Waals surface area (Å²) in [7, 11) is 0. The normalized spacial score (nSPS) is 11.9. The number of rotatable bonds is 7. The first-order chi connectivity index (χ1) is 16.2. The van der Waals surface area contributed by atoms with E-state index < -0.39 is 6.04 Å². The third kappa shape index (κ3) is 4.72. The highest BCUT2D eigenvalue weighted by Gasteiger charge is 2.24. The number of nitrogens with zero attached hydrogens (tertiary/aromatic N) is 1. The Hall–Kier alpha value is -3.75. The molecular weight excluding hydrogens is 454 g/mol. The highest BCUT2D eigenvalue weighted by Crippen LogP contribution is 2.31. The van der Waals surface area contributed by atoms with E-state index in [1.165, 1.54) is 11.3 Å². The fraction of sp³-hybridized carbons (Fsp3) is 0.0800. The molecule has 8 heteroatoms. The number of para-hydroxylation sites is 1. The van der Waals surface area contributed by atoms with Gasteiger partial charge in [-0.15, -0.1) is 22.7 Å². The fourth-order valence-electron chi connectivity index (χ4n) is 3.40. The zero-order chi connectivity index (χ0) is 22.6. The number of fused-ring (bicyclic) bond motifs is 1. The molecule has 33 heavy (non-hydrogen) atoms. The molecule has 1 atom stereocenters. The Balaban J connectivity index is 1.29. The molecule has 0 bridgehead atoms. The number of hydrogen-bond donors (Lipinski definition) is 2. The summed E-state index contributed by atoms with van der Waals surface area (Å²) >= 11 is 2.89. The molecule has 0 fully saturated rings. The van der Waals surface area contributed by atoms with Crippen LogP contribution in [0.4, 0.5) is 0 Å². The third-order valence-corrected chi connectivity index (χ3v) is 6.94. The molecule has 3 aromatic heterocycles. The summed E-state index contributed by atoms with van der Waals surface area (Å²) < 4.78 is 7.01. The van der Waals surface area contributed by atoms with Gasteiger partial charge in [0.2, 0.25) is 5.91 Å². The quantitative estimate of drug-likeness (QED) is 0.331. The number of furan rings is 1. The predicted molar refractivity (Wildman–Crippen MR) is 130 cm³/mol. The van der Waals surface area contributed by atoms with Crippen LogP contribution < -0.4 is 10.6 Å². The first-order valence-corrected chi connectivity index (χ1v) is 12.0. The lowest BCUT2D eigenvalue weighted by Crippen LogP contribution is -2.40. The Bertz CT molecular complexity index is 1360. The van der Waals surface area contributed by atoms with Gasteiger partial charge in [-0.2, -0.15) is 0 Å². The van der Waals surface area contributed by atoms with Crippen molar-refractivity contribution in [1.82, 2.24) is 15.6 Å². The summed E-state index contributed by atoms with van der Waals surface area (Å²) in [5.74, 6) is 0.661. The van der Waals surface area contributed by atoms with Gasteiger partial charge in [-0.1, -0.05) is 48.5 Å². The molecule has 5 rings (SSSR count). The van der Waals surface area contributed by atoms with E-state index in [4.69, 9.17) is 4.42 Å². The van der Waals surface area contributed by atoms with Crippen LogP contribution in [-0.2, 0) is 11.3 Å². The maximum atomic E-state index is 13.0. The zero-order valence-electron chi connectivity index (χ0n) is 17.4. The van der Waals surface area contributed by atoms with Gasteiger partial charge in [0.25, 0.3) is 5.91 Å². The van der Waals surface area contributed by atoms with Gasteiger partial charge >= 0.3 is 0 Å². The van der Waals surface area contributed by atoms with Gasteiger partial charge in [-0.3, -0.25) is 9.59 Å². The molecule has 0 saturated heterocycles. The number of thiazole rings is 1. The average Bonchev–Trinajstić information content (AvgIpc) is 3.61. The molecular formula is C25H19N3O3S2. The van der Waals surface area contributed by atoms with Crippen LogP contribution in [0.3, 0.4) is 0 Å². The van der Waals surface area contributed by atoms with Crippen LogP contribution in [0.2, 0.25) is 0 Å². The van der Waals surface area contributed by atoms with Gasteiger partial charge in [0.15, 0.2) is 10.8 Å². The number of nitrogens with one attached hydrogen (secondary N) is 2. The van der Waals surface area contributed by atoms with E-state index >= 15 is 0 Å². The van der Waals surface area contributed by atoms with Gasteiger partial charge in [-0.25, -0.2) is 4.98 Å². The van der Waals surface area contributed by atoms with Crippen LogP contribution in [0.15, 0.2) is 88.7 Å². The lowest BCUT2D eigenvalue weighted by Gasteiger charge is -2.18. The molecule has 3 heterocycles. The molecule has 0 aliphatic rings. The minimum Gasteiger partial charge on any atom is -0.457 e. The molecule has 0 aliphatic carbocycles. The van der Waals surface area contributed by atoms with Crippen molar-refractivity contribution in [2.24, 2.45) is 0 Å². The summed E-state index contributed by atoms with van der Waals surface area (Å²) in [5, 5.41) is 8.33. The Morgan fingerprint density at radius 3 is 2.55 bits per heavy atom. The van der Waals surface area contributed by atoms with E-state index in [0.29, 0.717) is 22.0 Å². The van der Waals surface area contributed by atoms with Crippen LogP contribution >= 0.6 is 22.7 Å². The second-order valence-corrected chi connectivity index (χ2v) is 9.24. The highest BCUT2D eigenvalue weighted by atomic mass is 32.1. The molecule has 6 nitrogen and oxygen atoms in total. The molecule has 0 spiro atoms. The number of carbonyl (C=O) groups excluding carboxylic acids is 2. The first kappa shape index (κ1) is 21.1. The third-order valence-electron chi connectivity index (χ3n) is 5.02. The fourth-order valence-corrected chi connectivity index (χ4v) is 4.95. The van der Waals surface area contributed by atoms with Crippen molar-refractivity contribution < 1.29 is 14.0 Å². The maximum Gasteiger partial charge on any atom is 0.262 e. The highest BCUT2D eigenvalue weighted by molar-refractivity contribution is 7.21. The summed E-state index contributed by atoms with van der Waals surface area (Å²) in [5.41, 5.74) is 1.63. The van der Waals surface area contributed by atoms with E-state index in [9.17, 15) is 9.59 Å². The smallest absolute Gasteiger partial charge is 0.262 e. The largest absolute Gasteiger partial charge is 0.457 e. The van der Waals surface area contributed by atoms with Crippen molar-refractivity contribution in [3.8, 4) is 10.8 Å². The lowest BCUT2D eigenvalue weighted by molar-refractivity contribution is -0.123. The van der Waals surface area contributed by atoms with Crippen LogP contribution in [0.5, 0.6) is 0 Å². The van der Waals surface area contributed by atoms with Gasteiger partial charge in [0, 0.05) is 0 Å². The minimum absolute atomic E-state index is 0.196. The number of amides is 2. The molecule has 5 aromatic rings. The number of aromatic nitrogens is 1. The van der Waals surface area contributed by atoms with Crippen LogP contribution in [-0.4, -0.2) is 16.8 Å². The van der Waals surface area contributed by atoms with Crippen LogP contribution in [0.1, 0.15) is 27.0 Å². The van der Waals surface area contributed by atoms with Gasteiger partial charge < -0.3 is 15.1 Å². The van der Waals surface area contributed by atoms with Gasteiger partial charge in [-0.05, 0) is 41.3 Å². The second kappa shape index (κ2) is 9.40. The van der Waals surface area contributed by atoms with Crippen LogP contribution in [0, 0.1) is 0 Å². The summed E-state index contributed by atoms with van der Waals surface area (Å²) in [4.78, 5) is 30.8. The minimum atomic E-state index is -0.820. The van der Waals surface area contributed by atoms with Crippen molar-refractivity contribution in [1.29, 1.82) is 0 Å². The number of thiophene rings is 1. The van der Waals surface area contributed by atoms with E-state index in [0.717, 1.165) is 15.2 Å². The topological polar surface area (TPSA) is 84.2 Å². The van der Waals surface area contributed by atoms with Crippen molar-refractivity contribution in [3.05, 3.63) is 100 Å². The van der Waals surface area contributed by atoms with Crippen molar-refractivity contribution in [2.75, 3.05) is 0 Å². The summed E-state index contributed by atoms with van der Waals surface area (Å²) in [6, 6.07) is 23.5. The number of benzene rings is 2. The maximum absolute atomic E-state index is 13.0. The number of carbonyl (C=O) groups is 2. The van der Waals surface area contributed by atoms with Crippen molar-refractivity contribution in [2.45, 2.75) is 12.6 Å². The Kier molecular flexibility index (Phi) is 6.01. The lowest BCUT2D eigenvalue weighted by atomic mass is 10.1. The molecule has 2 amide bonds. The number of hydrogen-bond acceptors (Lipinski definition) is 6. The van der Waals surface area contributed by atoms with Crippen molar-refractivity contribution in [3.63, 3.8) is 0 Å². The monoisotopic (exact) mass is 473 g/mol. The Labute approximate surface area is 197 Å². The Morgan fingerprint density at radius 1 is 0.939 bits per heavy atom. The van der Waals surface area contributed by atoms with Gasteiger partial charge in [0.05, 0.1) is 21.6 Å². The van der Waals surface area contributed by atoms with E-state index in [-0.39, 0.29) is 18.4 Å². The molecule has 0 saturated carbocycles. The second-order valence-electron chi connectivity index (χ2n) is 7.26. The predicted octanol–water partition coefficient (Wildman–Crippen LogP) is 5.41. The molecule has 2 N–H and O–H groups in total. The van der Waals surface area contributed by atoms with Gasteiger partial charge in [0.1, 0.15) is 11.8 Å². The Morgan fingerprint density at radius 2 is 1.76 bits per heavy atom. The molecule has 0 aliphatic heterocycles. The van der Waals surface area contributed by atoms with Crippen LogP contribution in [0.25, 0.3) is 21.0 Å². The van der Waals surface area contributed by atoms with Crippen molar-refractivity contribution >= 4 is 44.7 Å². The molecule has 2 aromatic carbocycles. The van der Waals surface area contributed by atoms with E-state index in [2.05, 4.69) is 15.6 Å². The zero-order valence-corrected chi connectivity index (χ0v) is 19.0. The van der Waals surface area contributed by atoms with E-state index in [1.807, 2.05) is 72.1 Å². The summed E-state index contributed by atoms with van der Waals surface area (Å²) in [6.07, 6.45) is 0. The summed E-state index contributed by atoms with van der Waals surface area (Å²) in [6.45, 7) is 0.196. The molecule has 1 unspecified atom stereocenters. The van der Waals surface area contributed by atoms with E-state index in [1.54, 1.807) is 23.5 Å².